The molecule has 7 heteroatoms. The molecule has 4 N–H and O–H groups in total. The van der Waals surface area contributed by atoms with Crippen LogP contribution in [0.4, 0.5) is 11.4 Å². The van der Waals surface area contributed by atoms with Gasteiger partial charge in [0, 0.05) is 29.9 Å². The summed E-state index contributed by atoms with van der Waals surface area (Å²) >= 11 is 0. The Balaban J connectivity index is 1.95. The molecule has 7 nitrogen and oxygen atoms in total. The van der Waals surface area contributed by atoms with E-state index in [1.807, 2.05) is 0 Å². The van der Waals surface area contributed by atoms with Crippen LogP contribution in [0.5, 0.6) is 0 Å². The van der Waals surface area contributed by atoms with Crippen molar-refractivity contribution < 1.29 is 9.72 Å². The third-order valence-corrected chi connectivity index (χ3v) is 2.91. The van der Waals surface area contributed by atoms with Gasteiger partial charge in [-0.25, -0.2) is 0 Å². The van der Waals surface area contributed by atoms with E-state index in [2.05, 4.69) is 10.7 Å². The summed E-state index contributed by atoms with van der Waals surface area (Å²) in [4.78, 5) is 22.0. The molecule has 2 aromatic rings. The van der Waals surface area contributed by atoms with Crippen molar-refractivity contribution in [2.45, 2.75) is 6.54 Å². The molecule has 0 spiro atoms. The Bertz CT molecular complexity index is 638. The molecule has 0 unspecified atom stereocenters. The van der Waals surface area contributed by atoms with Crippen molar-refractivity contribution in [1.29, 1.82) is 0 Å². The highest BCUT2D eigenvalue weighted by molar-refractivity contribution is 5.94. The second-order valence-corrected chi connectivity index (χ2v) is 4.33. The van der Waals surface area contributed by atoms with E-state index in [4.69, 9.17) is 5.84 Å². The van der Waals surface area contributed by atoms with E-state index >= 15 is 0 Å². The number of non-ortho nitro benzene ring substituents is 1. The first-order chi connectivity index (χ1) is 10.1. The zero-order valence-corrected chi connectivity index (χ0v) is 11.1. The van der Waals surface area contributed by atoms with Crippen molar-refractivity contribution in [3.63, 3.8) is 0 Å². The first-order valence-corrected chi connectivity index (χ1v) is 6.18. The summed E-state index contributed by atoms with van der Waals surface area (Å²) in [5.74, 6) is 5.02. The number of carbonyl (C=O) groups excluding carboxylic acids is 1. The average molecular weight is 286 g/mol. The monoisotopic (exact) mass is 286 g/mol. The topological polar surface area (TPSA) is 110 Å². The van der Waals surface area contributed by atoms with Gasteiger partial charge >= 0.3 is 0 Å². The summed E-state index contributed by atoms with van der Waals surface area (Å²) in [7, 11) is 0. The van der Waals surface area contributed by atoms with Gasteiger partial charge in [0.25, 0.3) is 11.6 Å². The van der Waals surface area contributed by atoms with Gasteiger partial charge in [-0.1, -0.05) is 12.1 Å². The van der Waals surface area contributed by atoms with Crippen LogP contribution in [-0.2, 0) is 6.54 Å². The average Bonchev–Trinajstić information content (AvgIpc) is 2.53. The second kappa shape index (κ2) is 6.49. The van der Waals surface area contributed by atoms with Crippen LogP contribution in [0.3, 0.4) is 0 Å². The molecule has 0 radical (unpaired) electrons. The summed E-state index contributed by atoms with van der Waals surface area (Å²) in [5, 5.41) is 13.3. The number of nitrogens with zero attached hydrogens (tertiary/aromatic N) is 1. The Morgan fingerprint density at radius 2 is 1.71 bits per heavy atom. The van der Waals surface area contributed by atoms with E-state index in [-0.39, 0.29) is 11.6 Å². The number of nitrogens with two attached hydrogens (primary N) is 1. The molecular formula is C14H14N4O3. The van der Waals surface area contributed by atoms with Gasteiger partial charge in [0.05, 0.1) is 4.92 Å². The maximum Gasteiger partial charge on any atom is 0.269 e. The number of nitro benzene ring substituents is 1. The summed E-state index contributed by atoms with van der Waals surface area (Å²) in [6.45, 7) is 0.299. The highest BCUT2D eigenvalue weighted by Gasteiger charge is 2.07. The Morgan fingerprint density at radius 3 is 2.24 bits per heavy atom. The minimum absolute atomic E-state index is 0.0231. The molecule has 0 fully saturated rings. The van der Waals surface area contributed by atoms with Gasteiger partial charge in [-0.15, -0.1) is 0 Å². The summed E-state index contributed by atoms with van der Waals surface area (Å²) in [6.07, 6.45) is 0. The second-order valence-electron chi connectivity index (χ2n) is 4.33. The fourth-order valence-corrected chi connectivity index (χ4v) is 1.74. The molecule has 0 aromatic heterocycles. The molecule has 0 atom stereocenters. The number of hydrogen-bond acceptors (Lipinski definition) is 5. The maximum atomic E-state index is 11.9. The van der Waals surface area contributed by atoms with Gasteiger partial charge in [-0.3, -0.25) is 20.8 Å². The Labute approximate surface area is 120 Å². The quantitative estimate of drug-likeness (QED) is 0.441. The standard InChI is InChI=1S/C14H14N4O3/c15-17-12-5-3-11(4-6-12)14(19)16-9-10-1-7-13(8-2-10)18(20)21/h1-8,17H,9,15H2,(H,16,19). The normalized spacial score (nSPS) is 9.95. The zero-order valence-electron chi connectivity index (χ0n) is 11.1. The molecule has 0 bridgehead atoms. The maximum absolute atomic E-state index is 11.9. The van der Waals surface area contributed by atoms with Crippen LogP contribution < -0.4 is 16.6 Å². The smallest absolute Gasteiger partial charge is 0.269 e. The Morgan fingerprint density at radius 1 is 1.10 bits per heavy atom. The lowest BCUT2D eigenvalue weighted by Gasteiger charge is -2.06. The van der Waals surface area contributed by atoms with Crippen LogP contribution >= 0.6 is 0 Å². The van der Waals surface area contributed by atoms with Crippen LogP contribution in [0.15, 0.2) is 48.5 Å². The fraction of sp³-hybridized carbons (Fsp3) is 0.0714. The minimum atomic E-state index is -0.463. The lowest BCUT2D eigenvalue weighted by Crippen LogP contribution is -2.22. The molecule has 21 heavy (non-hydrogen) atoms. The number of amides is 1. The van der Waals surface area contributed by atoms with Crippen molar-refractivity contribution in [2.24, 2.45) is 5.84 Å². The molecule has 1 amide bonds. The van der Waals surface area contributed by atoms with Crippen molar-refractivity contribution >= 4 is 17.3 Å². The van der Waals surface area contributed by atoms with Gasteiger partial charge < -0.3 is 10.7 Å². The van der Waals surface area contributed by atoms with Gasteiger partial charge in [0.15, 0.2) is 0 Å². The summed E-state index contributed by atoms with van der Waals surface area (Å²) < 4.78 is 0. The number of carbonyl (C=O) groups is 1. The lowest BCUT2D eigenvalue weighted by atomic mass is 10.1. The van der Waals surface area contributed by atoms with E-state index in [9.17, 15) is 14.9 Å². The predicted octanol–water partition coefficient (Wildman–Crippen LogP) is 1.81. The Kier molecular flexibility index (Phi) is 4.47. The van der Waals surface area contributed by atoms with Crippen LogP contribution in [0.25, 0.3) is 0 Å². The molecule has 2 aromatic carbocycles. The lowest BCUT2D eigenvalue weighted by molar-refractivity contribution is -0.384. The highest BCUT2D eigenvalue weighted by Crippen LogP contribution is 2.12. The summed E-state index contributed by atoms with van der Waals surface area (Å²) in [5.41, 5.74) is 4.51. The van der Waals surface area contributed by atoms with E-state index in [1.54, 1.807) is 36.4 Å². The van der Waals surface area contributed by atoms with Crippen LogP contribution in [0, 0.1) is 10.1 Å². The van der Waals surface area contributed by atoms with Crippen molar-refractivity contribution in [2.75, 3.05) is 5.43 Å². The van der Waals surface area contributed by atoms with Gasteiger partial charge in [-0.2, -0.15) is 0 Å². The molecule has 0 aliphatic heterocycles. The third-order valence-electron chi connectivity index (χ3n) is 2.91. The number of hydrogen-bond donors (Lipinski definition) is 3. The van der Waals surface area contributed by atoms with Crippen LogP contribution in [-0.4, -0.2) is 10.8 Å². The number of anilines is 1. The number of nitro groups is 1. The van der Waals surface area contributed by atoms with E-state index in [0.29, 0.717) is 17.8 Å². The van der Waals surface area contributed by atoms with Crippen LogP contribution in [0.2, 0.25) is 0 Å². The van der Waals surface area contributed by atoms with E-state index in [1.165, 1.54) is 12.1 Å². The molecule has 0 saturated carbocycles. The molecular weight excluding hydrogens is 272 g/mol. The Hall–Kier alpha value is -2.93. The third kappa shape index (κ3) is 3.77. The van der Waals surface area contributed by atoms with Crippen LogP contribution in [0.1, 0.15) is 15.9 Å². The van der Waals surface area contributed by atoms with Crippen molar-refractivity contribution in [3.8, 4) is 0 Å². The SMILES string of the molecule is NNc1ccc(C(=O)NCc2ccc([N+](=O)[O-])cc2)cc1. The largest absolute Gasteiger partial charge is 0.348 e. The van der Waals surface area contributed by atoms with E-state index < -0.39 is 4.92 Å². The first kappa shape index (κ1) is 14.5. The summed E-state index contributed by atoms with van der Waals surface area (Å²) in [6, 6.07) is 12.7. The predicted molar refractivity (Wildman–Crippen MR) is 78.5 cm³/mol. The minimum Gasteiger partial charge on any atom is -0.348 e. The van der Waals surface area contributed by atoms with Gasteiger partial charge in [0.1, 0.15) is 0 Å². The molecule has 0 aliphatic carbocycles. The fourth-order valence-electron chi connectivity index (χ4n) is 1.74. The molecule has 0 heterocycles. The molecule has 0 saturated heterocycles. The first-order valence-electron chi connectivity index (χ1n) is 6.18. The highest BCUT2D eigenvalue weighted by atomic mass is 16.6. The number of rotatable bonds is 5. The number of nitrogen functional groups attached to an aromatic ring is 1. The number of hydrazine groups is 1. The number of benzene rings is 2. The van der Waals surface area contributed by atoms with Crippen molar-refractivity contribution in [1.82, 2.24) is 5.32 Å². The van der Waals surface area contributed by atoms with E-state index in [0.717, 1.165) is 5.56 Å². The molecule has 2 rings (SSSR count). The van der Waals surface area contributed by atoms with Gasteiger partial charge in [0.2, 0.25) is 0 Å². The van der Waals surface area contributed by atoms with Crippen molar-refractivity contribution in [3.05, 3.63) is 69.8 Å². The van der Waals surface area contributed by atoms with Gasteiger partial charge in [-0.05, 0) is 29.8 Å². The zero-order chi connectivity index (χ0) is 15.2. The molecule has 108 valence electrons. The molecule has 0 aliphatic rings. The number of nitrogens with one attached hydrogen (secondary N) is 2.